The lowest BCUT2D eigenvalue weighted by Crippen LogP contribution is -2.30. The monoisotopic (exact) mass is 228 g/mol. The van der Waals surface area contributed by atoms with Gasteiger partial charge in [0.25, 0.3) is 0 Å². The normalized spacial score (nSPS) is 19.6. The van der Waals surface area contributed by atoms with E-state index in [1.54, 1.807) is 12.2 Å². The fourth-order valence-electron chi connectivity index (χ4n) is 2.11. The predicted molar refractivity (Wildman–Crippen MR) is 65.7 cm³/mol. The molecule has 1 atom stereocenters. The summed E-state index contributed by atoms with van der Waals surface area (Å²) >= 11 is 0. The van der Waals surface area contributed by atoms with Gasteiger partial charge in [-0.25, -0.2) is 0 Å². The molecule has 1 aliphatic heterocycles. The second-order valence-electron chi connectivity index (χ2n) is 4.04. The predicted octanol–water partition coefficient (Wildman–Crippen LogP) is 2.74. The summed E-state index contributed by atoms with van der Waals surface area (Å²) in [6, 6.07) is 4.27. The molecule has 1 heterocycles. The van der Waals surface area contributed by atoms with Crippen molar-refractivity contribution in [1.82, 2.24) is 0 Å². The van der Waals surface area contributed by atoms with E-state index in [0.29, 0.717) is 26.1 Å². The number of allylic oxidation sites excluding steroid dienone is 2. The van der Waals surface area contributed by atoms with Crippen LogP contribution in [-0.2, 0) is 4.74 Å². The minimum Gasteiger partial charge on any atom is -0.377 e. The first-order valence-electron chi connectivity index (χ1n) is 5.56. The van der Waals surface area contributed by atoms with Crippen LogP contribution in [0.25, 0.3) is 0 Å². The number of nitriles is 2. The summed E-state index contributed by atoms with van der Waals surface area (Å²) in [4.78, 5) is 0. The smallest absolute Gasteiger partial charge is 0.168 e. The van der Waals surface area contributed by atoms with Gasteiger partial charge in [-0.1, -0.05) is 18.2 Å². The molecular formula is C14H16N2O. The lowest BCUT2D eigenvalue weighted by molar-refractivity contribution is 0.114. The van der Waals surface area contributed by atoms with Gasteiger partial charge in [-0.2, -0.15) is 10.5 Å². The van der Waals surface area contributed by atoms with Gasteiger partial charge in [0, 0.05) is 12.3 Å². The van der Waals surface area contributed by atoms with Gasteiger partial charge in [-0.05, 0) is 12.0 Å². The SMILES string of the molecule is C=CCC1COCC=C1C(C#N)(C#N)CC=C. The Balaban J connectivity index is 3.12. The molecule has 3 heteroatoms. The van der Waals surface area contributed by atoms with Crippen LogP contribution in [0.15, 0.2) is 37.0 Å². The fraction of sp³-hybridized carbons (Fsp3) is 0.429. The molecule has 88 valence electrons. The Morgan fingerprint density at radius 3 is 2.65 bits per heavy atom. The molecule has 17 heavy (non-hydrogen) atoms. The lowest BCUT2D eigenvalue weighted by Gasteiger charge is -2.30. The molecule has 0 bridgehead atoms. The topological polar surface area (TPSA) is 56.8 Å². The van der Waals surface area contributed by atoms with E-state index in [1.807, 2.05) is 6.08 Å². The van der Waals surface area contributed by atoms with Crippen molar-refractivity contribution in [3.05, 3.63) is 37.0 Å². The lowest BCUT2D eigenvalue weighted by atomic mass is 9.72. The quantitative estimate of drug-likeness (QED) is 0.680. The summed E-state index contributed by atoms with van der Waals surface area (Å²) in [5.41, 5.74) is -0.243. The summed E-state index contributed by atoms with van der Waals surface area (Å²) in [7, 11) is 0. The Morgan fingerprint density at radius 1 is 1.41 bits per heavy atom. The van der Waals surface area contributed by atoms with Crippen LogP contribution in [-0.4, -0.2) is 13.2 Å². The Hall–Kier alpha value is -1.84. The van der Waals surface area contributed by atoms with Crippen LogP contribution in [0.1, 0.15) is 12.8 Å². The maximum Gasteiger partial charge on any atom is 0.168 e. The summed E-state index contributed by atoms with van der Waals surface area (Å²) in [6.45, 7) is 8.33. The van der Waals surface area contributed by atoms with Crippen LogP contribution in [0.2, 0.25) is 0 Å². The fourth-order valence-corrected chi connectivity index (χ4v) is 2.11. The molecule has 1 aliphatic rings. The molecule has 0 aromatic heterocycles. The van der Waals surface area contributed by atoms with Crippen molar-refractivity contribution in [2.75, 3.05) is 13.2 Å². The molecule has 1 rings (SSSR count). The van der Waals surface area contributed by atoms with Crippen LogP contribution >= 0.6 is 0 Å². The van der Waals surface area contributed by atoms with Crippen molar-refractivity contribution in [1.29, 1.82) is 10.5 Å². The van der Waals surface area contributed by atoms with Gasteiger partial charge in [-0.3, -0.25) is 0 Å². The average molecular weight is 228 g/mol. The van der Waals surface area contributed by atoms with Crippen LogP contribution in [0.5, 0.6) is 0 Å². The van der Waals surface area contributed by atoms with Gasteiger partial charge in [0.05, 0.1) is 25.4 Å². The first-order chi connectivity index (χ1) is 8.24. The van der Waals surface area contributed by atoms with Crippen molar-refractivity contribution >= 4 is 0 Å². The maximum absolute atomic E-state index is 9.32. The van der Waals surface area contributed by atoms with E-state index >= 15 is 0 Å². The van der Waals surface area contributed by atoms with Crippen LogP contribution in [0, 0.1) is 34.0 Å². The molecule has 0 N–H and O–H groups in total. The molecule has 0 aromatic carbocycles. The molecule has 0 amide bonds. The molecule has 0 saturated heterocycles. The van der Waals surface area contributed by atoms with Crippen LogP contribution in [0.4, 0.5) is 0 Å². The third-order valence-corrected chi connectivity index (χ3v) is 2.96. The largest absolute Gasteiger partial charge is 0.377 e. The van der Waals surface area contributed by atoms with Crippen LogP contribution in [0.3, 0.4) is 0 Å². The van der Waals surface area contributed by atoms with E-state index < -0.39 is 5.41 Å². The zero-order chi connectivity index (χ0) is 12.7. The first-order valence-corrected chi connectivity index (χ1v) is 5.56. The van der Waals surface area contributed by atoms with Crippen LogP contribution < -0.4 is 0 Å². The number of rotatable bonds is 5. The van der Waals surface area contributed by atoms with Crippen molar-refractivity contribution in [3.8, 4) is 12.1 Å². The molecule has 0 aromatic rings. The second-order valence-corrected chi connectivity index (χ2v) is 4.04. The van der Waals surface area contributed by atoms with Crippen molar-refractivity contribution in [2.45, 2.75) is 12.8 Å². The molecule has 0 spiro atoms. The van der Waals surface area contributed by atoms with Crippen molar-refractivity contribution in [2.24, 2.45) is 11.3 Å². The Bertz CT molecular complexity index is 395. The zero-order valence-corrected chi connectivity index (χ0v) is 9.85. The van der Waals surface area contributed by atoms with Gasteiger partial charge < -0.3 is 4.74 Å². The highest BCUT2D eigenvalue weighted by Crippen LogP contribution is 2.38. The van der Waals surface area contributed by atoms with E-state index in [4.69, 9.17) is 4.74 Å². The van der Waals surface area contributed by atoms with E-state index in [2.05, 4.69) is 25.3 Å². The highest BCUT2D eigenvalue weighted by atomic mass is 16.5. The van der Waals surface area contributed by atoms with Gasteiger partial charge >= 0.3 is 0 Å². The third-order valence-electron chi connectivity index (χ3n) is 2.96. The summed E-state index contributed by atoms with van der Waals surface area (Å²) < 4.78 is 5.36. The Kier molecular flexibility index (Phi) is 4.69. The number of hydrogen-bond acceptors (Lipinski definition) is 3. The van der Waals surface area contributed by atoms with E-state index in [-0.39, 0.29) is 5.92 Å². The average Bonchev–Trinajstić information content (AvgIpc) is 2.37. The van der Waals surface area contributed by atoms with E-state index in [1.165, 1.54) is 0 Å². The number of ether oxygens (including phenoxy) is 1. The number of nitrogens with zero attached hydrogens (tertiary/aromatic N) is 2. The van der Waals surface area contributed by atoms with Gasteiger partial charge in [0.2, 0.25) is 0 Å². The second kappa shape index (κ2) is 6.03. The molecule has 0 fully saturated rings. The molecule has 0 aliphatic carbocycles. The molecule has 3 nitrogen and oxygen atoms in total. The third kappa shape index (κ3) is 2.64. The molecule has 1 unspecified atom stereocenters. The summed E-state index contributed by atoms with van der Waals surface area (Å²) in [6.07, 6.45) is 6.33. The van der Waals surface area contributed by atoms with E-state index in [9.17, 15) is 10.5 Å². The van der Waals surface area contributed by atoms with Gasteiger partial charge in [-0.15, -0.1) is 13.2 Å². The number of hydrogen-bond donors (Lipinski definition) is 0. The summed E-state index contributed by atoms with van der Waals surface area (Å²) in [5.74, 6) is 0.0699. The van der Waals surface area contributed by atoms with Crippen molar-refractivity contribution < 1.29 is 4.74 Å². The highest BCUT2D eigenvalue weighted by Gasteiger charge is 2.38. The maximum atomic E-state index is 9.32. The first kappa shape index (κ1) is 13.2. The molecular weight excluding hydrogens is 212 g/mol. The summed E-state index contributed by atoms with van der Waals surface area (Å²) in [5, 5.41) is 18.6. The zero-order valence-electron chi connectivity index (χ0n) is 9.85. The molecule has 0 radical (unpaired) electrons. The van der Waals surface area contributed by atoms with E-state index in [0.717, 1.165) is 5.57 Å². The Labute approximate surface area is 102 Å². The molecule has 0 saturated carbocycles. The van der Waals surface area contributed by atoms with Gasteiger partial charge in [0.15, 0.2) is 5.41 Å². The standard InChI is InChI=1S/C14H16N2O/c1-3-5-12-9-17-8-6-13(12)14(10-15,11-16)7-4-2/h3-4,6,12H,1-2,5,7-9H2. The van der Waals surface area contributed by atoms with Crippen molar-refractivity contribution in [3.63, 3.8) is 0 Å². The minimum atomic E-state index is -1.10. The highest BCUT2D eigenvalue weighted by molar-refractivity contribution is 5.36. The van der Waals surface area contributed by atoms with Gasteiger partial charge in [0.1, 0.15) is 0 Å². The Morgan fingerprint density at radius 2 is 2.12 bits per heavy atom. The minimum absolute atomic E-state index is 0.0699.